The monoisotopic (exact) mass is 428 g/mol. The van der Waals surface area contributed by atoms with Gasteiger partial charge in [-0.1, -0.05) is 0 Å². The molecule has 5 rings (SSSR count). The van der Waals surface area contributed by atoms with Crippen molar-refractivity contribution in [2.24, 2.45) is 17.8 Å². The Balaban J connectivity index is 1.52. The fourth-order valence-electron chi connectivity index (χ4n) is 6.47. The number of hydrogen-bond donors (Lipinski definition) is 1. The molecule has 0 bridgehead atoms. The molecule has 7 heteroatoms. The summed E-state index contributed by atoms with van der Waals surface area (Å²) in [6.07, 6.45) is 2.49. The first kappa shape index (κ1) is 20.8. The van der Waals surface area contributed by atoms with Crippen LogP contribution in [-0.4, -0.2) is 69.6 Å². The van der Waals surface area contributed by atoms with Gasteiger partial charge in [-0.2, -0.15) is 0 Å². The smallest absolute Gasteiger partial charge is 0.311 e. The van der Waals surface area contributed by atoms with E-state index in [1.807, 2.05) is 6.07 Å². The number of fused-ring (bicyclic) bond motifs is 6. The Morgan fingerprint density at radius 2 is 1.97 bits per heavy atom. The largest absolute Gasteiger partial charge is 0.497 e. The Bertz CT molecular complexity index is 972. The van der Waals surface area contributed by atoms with Gasteiger partial charge >= 0.3 is 5.97 Å². The number of benzene rings is 1. The van der Waals surface area contributed by atoms with Crippen molar-refractivity contribution < 1.29 is 23.7 Å². The van der Waals surface area contributed by atoms with Crippen LogP contribution in [0, 0.1) is 17.8 Å². The van der Waals surface area contributed by atoms with E-state index in [4.69, 9.17) is 18.9 Å². The Morgan fingerprint density at radius 1 is 1.13 bits per heavy atom. The van der Waals surface area contributed by atoms with Crippen molar-refractivity contribution in [2.45, 2.75) is 37.5 Å². The number of rotatable bonds is 4. The first-order chi connectivity index (χ1) is 15.1. The van der Waals surface area contributed by atoms with Crippen LogP contribution in [0.5, 0.6) is 5.75 Å². The number of carbonyl (C=O) groups excluding carboxylic acids is 1. The highest BCUT2D eigenvalue weighted by molar-refractivity contribution is 5.86. The first-order valence-electron chi connectivity index (χ1n) is 11.2. The maximum atomic E-state index is 12.9. The molecule has 1 aliphatic carbocycles. The van der Waals surface area contributed by atoms with E-state index in [2.05, 4.69) is 22.0 Å². The van der Waals surface area contributed by atoms with Gasteiger partial charge in [-0.3, -0.25) is 9.69 Å². The molecule has 1 saturated carbocycles. The Hall–Kier alpha value is -2.09. The molecule has 1 N–H and O–H groups in total. The minimum Gasteiger partial charge on any atom is -0.497 e. The summed E-state index contributed by atoms with van der Waals surface area (Å²) in [4.78, 5) is 19.2. The van der Waals surface area contributed by atoms with E-state index in [-0.39, 0.29) is 36.1 Å². The van der Waals surface area contributed by atoms with Crippen LogP contribution in [-0.2, 0) is 25.4 Å². The Kier molecular flexibility index (Phi) is 5.44. The van der Waals surface area contributed by atoms with E-state index in [0.29, 0.717) is 5.92 Å². The molecule has 168 valence electrons. The minimum absolute atomic E-state index is 0.0900. The van der Waals surface area contributed by atoms with Crippen molar-refractivity contribution in [1.29, 1.82) is 0 Å². The third kappa shape index (κ3) is 3.25. The number of ether oxygens (including phenoxy) is 4. The van der Waals surface area contributed by atoms with Crippen LogP contribution in [0.2, 0.25) is 0 Å². The lowest BCUT2D eigenvalue weighted by atomic mass is 9.64. The van der Waals surface area contributed by atoms with Gasteiger partial charge in [0.2, 0.25) is 0 Å². The van der Waals surface area contributed by atoms with Gasteiger partial charge in [-0.05, 0) is 48.8 Å². The number of nitrogens with one attached hydrogen (secondary N) is 1. The number of nitrogens with zero attached hydrogens (tertiary/aromatic N) is 1. The van der Waals surface area contributed by atoms with Crippen molar-refractivity contribution in [1.82, 2.24) is 9.88 Å². The van der Waals surface area contributed by atoms with Gasteiger partial charge in [-0.15, -0.1) is 0 Å². The molecular weight excluding hydrogens is 396 g/mol. The minimum atomic E-state index is -0.310. The average molecular weight is 429 g/mol. The van der Waals surface area contributed by atoms with Crippen LogP contribution in [0.15, 0.2) is 18.2 Å². The molecule has 2 aliphatic heterocycles. The number of aromatic nitrogens is 1. The third-order valence-electron chi connectivity index (χ3n) is 7.90. The molecule has 2 fully saturated rings. The van der Waals surface area contributed by atoms with E-state index in [9.17, 15) is 4.79 Å². The number of carbonyl (C=O) groups is 1. The molecule has 1 aromatic carbocycles. The zero-order chi connectivity index (χ0) is 21.7. The van der Waals surface area contributed by atoms with Gasteiger partial charge in [0.15, 0.2) is 0 Å². The second-order valence-electron chi connectivity index (χ2n) is 9.11. The van der Waals surface area contributed by atoms with Crippen molar-refractivity contribution in [3.63, 3.8) is 0 Å². The van der Waals surface area contributed by atoms with Gasteiger partial charge in [0, 0.05) is 50.0 Å². The molecule has 2 aromatic rings. The molecule has 3 aliphatic rings. The zero-order valence-corrected chi connectivity index (χ0v) is 18.7. The zero-order valence-electron chi connectivity index (χ0n) is 18.7. The predicted octanol–water partition coefficient (Wildman–Crippen LogP) is 2.93. The lowest BCUT2D eigenvalue weighted by Gasteiger charge is -2.53. The number of methoxy groups -OCH3 is 4. The van der Waals surface area contributed by atoms with Crippen LogP contribution >= 0.6 is 0 Å². The Labute approximate surface area is 183 Å². The maximum Gasteiger partial charge on any atom is 0.311 e. The van der Waals surface area contributed by atoms with Crippen molar-refractivity contribution >= 4 is 16.9 Å². The molecule has 1 saturated heterocycles. The third-order valence-corrected chi connectivity index (χ3v) is 7.90. The Morgan fingerprint density at radius 3 is 2.68 bits per heavy atom. The number of piperidine rings is 1. The highest BCUT2D eigenvalue weighted by atomic mass is 16.5. The van der Waals surface area contributed by atoms with Crippen molar-refractivity contribution in [3.05, 3.63) is 29.5 Å². The lowest BCUT2D eigenvalue weighted by molar-refractivity contribution is -0.179. The predicted molar refractivity (Wildman–Crippen MR) is 116 cm³/mol. The van der Waals surface area contributed by atoms with Gasteiger partial charge in [0.05, 0.1) is 38.4 Å². The normalized spacial score (nSPS) is 32.8. The van der Waals surface area contributed by atoms with Gasteiger partial charge in [0.25, 0.3) is 0 Å². The van der Waals surface area contributed by atoms with Crippen LogP contribution in [0.1, 0.15) is 30.1 Å². The van der Waals surface area contributed by atoms with Gasteiger partial charge in [0.1, 0.15) is 5.75 Å². The summed E-state index contributed by atoms with van der Waals surface area (Å²) in [6, 6.07) is 6.54. The standard InChI is InChI=1S/C24H32N2O5/c1-28-14-5-6-15-16-7-8-26-12-13-9-20(29-2)23(30-3)21(24(27)31-4)17(13)11-19(26)22(16)25-18(15)10-14/h5-6,10,13,17,19-21,23,25H,7-9,11-12H2,1-4H3/t13-,17+,19-,20-,21+,23+/m1/s1. The number of hydrogen-bond acceptors (Lipinski definition) is 6. The lowest BCUT2D eigenvalue weighted by Crippen LogP contribution is -2.58. The van der Waals surface area contributed by atoms with E-state index in [1.165, 1.54) is 23.8 Å². The summed E-state index contributed by atoms with van der Waals surface area (Å²) < 4.78 is 22.2. The summed E-state index contributed by atoms with van der Waals surface area (Å²) in [5, 5.41) is 1.28. The fourth-order valence-corrected chi connectivity index (χ4v) is 6.47. The van der Waals surface area contributed by atoms with Gasteiger partial charge in [-0.25, -0.2) is 0 Å². The van der Waals surface area contributed by atoms with Crippen LogP contribution < -0.4 is 4.74 Å². The molecule has 0 spiro atoms. The molecular formula is C24H32N2O5. The van der Waals surface area contributed by atoms with E-state index in [0.717, 1.165) is 43.6 Å². The van der Waals surface area contributed by atoms with Crippen molar-refractivity contribution in [2.75, 3.05) is 41.5 Å². The number of esters is 1. The topological polar surface area (TPSA) is 73.0 Å². The molecule has 0 unspecified atom stereocenters. The molecule has 1 aromatic heterocycles. The summed E-state index contributed by atoms with van der Waals surface area (Å²) in [5.41, 5.74) is 3.82. The molecule has 7 nitrogen and oxygen atoms in total. The van der Waals surface area contributed by atoms with E-state index < -0.39 is 0 Å². The maximum absolute atomic E-state index is 12.9. The van der Waals surface area contributed by atoms with E-state index >= 15 is 0 Å². The van der Waals surface area contributed by atoms with E-state index in [1.54, 1.807) is 21.3 Å². The summed E-state index contributed by atoms with van der Waals surface area (Å²) in [6.45, 7) is 2.01. The first-order valence-corrected chi connectivity index (χ1v) is 11.2. The average Bonchev–Trinajstić information content (AvgIpc) is 3.19. The second-order valence-corrected chi connectivity index (χ2v) is 9.11. The number of H-pyrrole nitrogens is 1. The second kappa shape index (κ2) is 8.11. The molecule has 0 radical (unpaired) electrons. The molecule has 31 heavy (non-hydrogen) atoms. The van der Waals surface area contributed by atoms with Gasteiger partial charge < -0.3 is 23.9 Å². The highest BCUT2D eigenvalue weighted by Crippen LogP contribution is 2.50. The quantitative estimate of drug-likeness (QED) is 0.755. The van der Waals surface area contributed by atoms with Crippen molar-refractivity contribution in [3.8, 4) is 5.75 Å². The molecule has 6 atom stereocenters. The molecule has 3 heterocycles. The summed E-state index contributed by atoms with van der Waals surface area (Å²) in [5.74, 6) is 0.961. The summed E-state index contributed by atoms with van der Waals surface area (Å²) >= 11 is 0. The summed E-state index contributed by atoms with van der Waals surface area (Å²) in [7, 11) is 6.55. The number of aromatic amines is 1. The molecule has 0 amide bonds. The van der Waals surface area contributed by atoms with Crippen LogP contribution in [0.3, 0.4) is 0 Å². The highest BCUT2D eigenvalue weighted by Gasteiger charge is 2.53. The van der Waals surface area contributed by atoms with Crippen LogP contribution in [0.4, 0.5) is 0 Å². The fraction of sp³-hybridized carbons (Fsp3) is 0.625. The SMILES string of the molecule is COC(=O)[C@H]1[C@H]2C[C@@H]3c4[nH]c5cc(OC)ccc5c4CCN3C[C@H]2C[C@@H](OC)[C@@H]1OC. The van der Waals surface area contributed by atoms with Crippen LogP contribution in [0.25, 0.3) is 10.9 Å².